The lowest BCUT2D eigenvalue weighted by Gasteiger charge is -2.29. The van der Waals surface area contributed by atoms with Crippen LogP contribution in [0.2, 0.25) is 0 Å². The van der Waals surface area contributed by atoms with Crippen LogP contribution in [0.25, 0.3) is 0 Å². The third-order valence-corrected chi connectivity index (χ3v) is 3.55. The van der Waals surface area contributed by atoms with Crippen LogP contribution < -0.4 is 11.1 Å². The molecule has 0 spiro atoms. The molecule has 2 unspecified atom stereocenters. The first-order valence-corrected chi connectivity index (χ1v) is 6.15. The molecule has 15 heavy (non-hydrogen) atoms. The summed E-state index contributed by atoms with van der Waals surface area (Å²) in [6, 6.07) is 0. The van der Waals surface area contributed by atoms with Crippen LogP contribution >= 0.6 is 0 Å². The van der Waals surface area contributed by atoms with Gasteiger partial charge in [-0.1, -0.05) is 20.3 Å². The predicted octanol–water partition coefficient (Wildman–Crippen LogP) is 1.81. The summed E-state index contributed by atoms with van der Waals surface area (Å²) < 4.78 is 0. The Morgan fingerprint density at radius 3 is 2.73 bits per heavy atom. The lowest BCUT2D eigenvalue weighted by Crippen LogP contribution is -2.46. The predicted molar refractivity (Wildman–Crippen MR) is 62.5 cm³/mol. The molecule has 2 atom stereocenters. The average Bonchev–Trinajstić information content (AvgIpc) is 2.58. The van der Waals surface area contributed by atoms with E-state index in [1.165, 1.54) is 12.8 Å². The van der Waals surface area contributed by atoms with E-state index in [1.54, 1.807) is 0 Å². The monoisotopic (exact) mass is 212 g/mol. The molecule has 0 heterocycles. The Labute approximate surface area is 92.8 Å². The van der Waals surface area contributed by atoms with Crippen LogP contribution in [0, 0.1) is 5.92 Å². The molecular weight excluding hydrogens is 188 g/mol. The Kier molecular flexibility index (Phi) is 4.58. The molecule has 0 bridgehead atoms. The summed E-state index contributed by atoms with van der Waals surface area (Å²) in [6.07, 6.45) is 6.29. The van der Waals surface area contributed by atoms with Crippen LogP contribution in [0.5, 0.6) is 0 Å². The lowest BCUT2D eigenvalue weighted by molar-refractivity contribution is -0.119. The Hall–Kier alpha value is -0.570. The van der Waals surface area contributed by atoms with Crippen molar-refractivity contribution < 1.29 is 4.79 Å². The van der Waals surface area contributed by atoms with Crippen LogP contribution in [0.1, 0.15) is 52.4 Å². The largest absolute Gasteiger partial charge is 0.370 e. The minimum Gasteiger partial charge on any atom is -0.370 e. The van der Waals surface area contributed by atoms with Gasteiger partial charge in [-0.3, -0.25) is 4.79 Å². The normalized spacial score (nSPS) is 30.7. The smallest absolute Gasteiger partial charge is 0.219 e. The third kappa shape index (κ3) is 3.49. The maximum atomic E-state index is 11.1. The van der Waals surface area contributed by atoms with E-state index in [4.69, 9.17) is 5.73 Å². The van der Waals surface area contributed by atoms with Gasteiger partial charge in [-0.2, -0.15) is 0 Å². The fourth-order valence-electron chi connectivity index (χ4n) is 2.69. The number of hydrogen-bond donors (Lipinski definition) is 2. The van der Waals surface area contributed by atoms with E-state index in [0.29, 0.717) is 6.42 Å². The van der Waals surface area contributed by atoms with E-state index < -0.39 is 0 Å². The number of nitrogens with one attached hydrogen (secondary N) is 1. The first-order chi connectivity index (χ1) is 7.12. The molecule has 1 amide bonds. The number of carbonyl (C=O) groups is 1. The van der Waals surface area contributed by atoms with Crippen molar-refractivity contribution >= 4 is 5.91 Å². The van der Waals surface area contributed by atoms with Crippen molar-refractivity contribution in [3.05, 3.63) is 0 Å². The molecular formula is C12H24N2O. The molecule has 0 aliphatic heterocycles. The highest BCUT2D eigenvalue weighted by atomic mass is 16.1. The zero-order chi connectivity index (χ0) is 11.3. The highest BCUT2D eigenvalue weighted by Gasteiger charge is 2.38. The second-order valence-electron chi connectivity index (χ2n) is 4.87. The van der Waals surface area contributed by atoms with Crippen molar-refractivity contribution in [1.29, 1.82) is 0 Å². The second kappa shape index (κ2) is 5.50. The number of nitrogens with two attached hydrogens (primary N) is 1. The van der Waals surface area contributed by atoms with Gasteiger partial charge in [0, 0.05) is 12.0 Å². The molecule has 3 nitrogen and oxygen atoms in total. The zero-order valence-corrected chi connectivity index (χ0v) is 10.0. The molecule has 0 aromatic heterocycles. The topological polar surface area (TPSA) is 55.1 Å². The minimum absolute atomic E-state index is 0.0164. The zero-order valence-electron chi connectivity index (χ0n) is 10.0. The van der Waals surface area contributed by atoms with Gasteiger partial charge in [0.25, 0.3) is 0 Å². The number of carbonyl (C=O) groups excluding carboxylic acids is 1. The van der Waals surface area contributed by atoms with Crippen LogP contribution in [0.4, 0.5) is 0 Å². The number of amides is 1. The molecule has 1 aliphatic carbocycles. The van der Waals surface area contributed by atoms with Gasteiger partial charge in [0.15, 0.2) is 0 Å². The van der Waals surface area contributed by atoms with Crippen molar-refractivity contribution in [3.63, 3.8) is 0 Å². The Balaban J connectivity index is 2.57. The van der Waals surface area contributed by atoms with Crippen molar-refractivity contribution in [2.45, 2.75) is 57.9 Å². The third-order valence-electron chi connectivity index (χ3n) is 3.55. The van der Waals surface area contributed by atoms with Crippen LogP contribution in [-0.4, -0.2) is 18.0 Å². The van der Waals surface area contributed by atoms with Crippen molar-refractivity contribution in [3.8, 4) is 0 Å². The quantitative estimate of drug-likeness (QED) is 0.705. The van der Waals surface area contributed by atoms with E-state index >= 15 is 0 Å². The summed E-state index contributed by atoms with van der Waals surface area (Å²) in [5.74, 6) is 0.601. The van der Waals surface area contributed by atoms with Gasteiger partial charge in [-0.05, 0) is 38.1 Å². The Morgan fingerprint density at radius 2 is 2.27 bits per heavy atom. The van der Waals surface area contributed by atoms with Gasteiger partial charge in [0.2, 0.25) is 5.91 Å². The fraction of sp³-hybridized carbons (Fsp3) is 0.917. The molecule has 3 N–H and O–H groups in total. The number of hydrogen-bond acceptors (Lipinski definition) is 2. The first kappa shape index (κ1) is 12.5. The summed E-state index contributed by atoms with van der Waals surface area (Å²) in [5.41, 5.74) is 5.35. The Bertz CT molecular complexity index is 218. The van der Waals surface area contributed by atoms with Crippen LogP contribution in [0.15, 0.2) is 0 Å². The van der Waals surface area contributed by atoms with Gasteiger partial charge in [-0.25, -0.2) is 0 Å². The molecule has 1 fully saturated rings. The SMILES string of the molecule is CCCNC1(CC(N)=O)CCC(CC)C1. The summed E-state index contributed by atoms with van der Waals surface area (Å²) >= 11 is 0. The van der Waals surface area contributed by atoms with Crippen LogP contribution in [-0.2, 0) is 4.79 Å². The standard InChI is InChI=1S/C12H24N2O/c1-3-7-14-12(9-11(13)15)6-5-10(4-2)8-12/h10,14H,3-9H2,1-2H3,(H2,13,15). The highest BCUT2D eigenvalue weighted by Crippen LogP contribution is 2.38. The Morgan fingerprint density at radius 1 is 1.53 bits per heavy atom. The van der Waals surface area contributed by atoms with Gasteiger partial charge in [-0.15, -0.1) is 0 Å². The maximum absolute atomic E-state index is 11.1. The van der Waals surface area contributed by atoms with E-state index in [-0.39, 0.29) is 11.4 Å². The van der Waals surface area contributed by atoms with Gasteiger partial charge in [0.1, 0.15) is 0 Å². The summed E-state index contributed by atoms with van der Waals surface area (Å²) in [6.45, 7) is 5.37. The lowest BCUT2D eigenvalue weighted by atomic mass is 9.90. The summed E-state index contributed by atoms with van der Waals surface area (Å²) in [5, 5.41) is 3.54. The fourth-order valence-corrected chi connectivity index (χ4v) is 2.69. The first-order valence-electron chi connectivity index (χ1n) is 6.15. The molecule has 1 saturated carbocycles. The molecule has 1 rings (SSSR count). The van der Waals surface area contributed by atoms with Crippen molar-refractivity contribution in [2.75, 3.05) is 6.54 Å². The average molecular weight is 212 g/mol. The molecule has 0 radical (unpaired) electrons. The molecule has 88 valence electrons. The van der Waals surface area contributed by atoms with E-state index in [9.17, 15) is 4.79 Å². The molecule has 1 aliphatic rings. The minimum atomic E-state index is -0.171. The molecule has 0 aromatic carbocycles. The summed E-state index contributed by atoms with van der Waals surface area (Å²) in [4.78, 5) is 11.1. The van der Waals surface area contributed by atoms with Crippen molar-refractivity contribution in [2.24, 2.45) is 11.7 Å². The van der Waals surface area contributed by atoms with Gasteiger partial charge in [0.05, 0.1) is 0 Å². The molecule has 0 saturated heterocycles. The maximum Gasteiger partial charge on any atom is 0.219 e. The van der Waals surface area contributed by atoms with Crippen LogP contribution in [0.3, 0.4) is 0 Å². The summed E-state index contributed by atoms with van der Waals surface area (Å²) in [7, 11) is 0. The molecule has 0 aromatic rings. The van der Waals surface area contributed by atoms with E-state index in [1.807, 2.05) is 0 Å². The van der Waals surface area contributed by atoms with Crippen molar-refractivity contribution in [1.82, 2.24) is 5.32 Å². The number of primary amides is 1. The number of rotatable bonds is 6. The highest BCUT2D eigenvalue weighted by molar-refractivity contribution is 5.75. The van der Waals surface area contributed by atoms with Gasteiger partial charge >= 0.3 is 0 Å². The second-order valence-corrected chi connectivity index (χ2v) is 4.87. The van der Waals surface area contributed by atoms with E-state index in [2.05, 4.69) is 19.2 Å². The van der Waals surface area contributed by atoms with E-state index in [0.717, 1.165) is 31.7 Å². The molecule has 3 heteroatoms. The van der Waals surface area contributed by atoms with Gasteiger partial charge < -0.3 is 11.1 Å².